The van der Waals surface area contributed by atoms with Gasteiger partial charge >= 0.3 is 5.97 Å². The Morgan fingerprint density at radius 1 is 0.946 bits per heavy atom. The molecule has 9 nitrogen and oxygen atoms in total. The van der Waals surface area contributed by atoms with Crippen molar-refractivity contribution in [1.29, 1.82) is 0 Å². The van der Waals surface area contributed by atoms with Crippen molar-refractivity contribution in [3.8, 4) is 17.1 Å². The number of benzene rings is 1. The maximum atomic E-state index is 12.8. The summed E-state index contributed by atoms with van der Waals surface area (Å²) >= 11 is 6.11. The van der Waals surface area contributed by atoms with Gasteiger partial charge < -0.3 is 14.5 Å². The molecule has 37 heavy (non-hydrogen) atoms. The fraction of sp³-hybridized carbons (Fsp3) is 0.222. The first-order valence-corrected chi connectivity index (χ1v) is 12.4. The highest BCUT2D eigenvalue weighted by atomic mass is 35.5. The second-order valence-corrected chi connectivity index (χ2v) is 8.76. The van der Waals surface area contributed by atoms with Crippen LogP contribution in [0.25, 0.3) is 17.1 Å². The Kier molecular flexibility index (Phi) is 7.14. The van der Waals surface area contributed by atoms with Crippen molar-refractivity contribution in [3.05, 3.63) is 89.5 Å². The smallest absolute Gasteiger partial charge is 0.358 e. The van der Waals surface area contributed by atoms with Gasteiger partial charge in [-0.05, 0) is 49.4 Å². The number of halogens is 1. The molecule has 1 saturated heterocycles. The first-order valence-electron chi connectivity index (χ1n) is 12.0. The Morgan fingerprint density at radius 2 is 1.70 bits per heavy atom. The van der Waals surface area contributed by atoms with Gasteiger partial charge in [0.2, 0.25) is 0 Å². The standard InChI is InChI=1S/C27H25ClN6O3/c1-2-37-27(36)22-18-23(34(31-22)24-7-3-4-12-29-24)19-8-10-20(11-9-19)32-14-16-33(17-15-32)26(35)21-6-5-13-30-25(21)28/h3-13,18H,2,14-17H2,1H3. The van der Waals surface area contributed by atoms with E-state index in [-0.39, 0.29) is 23.4 Å². The number of rotatable bonds is 6. The van der Waals surface area contributed by atoms with E-state index in [0.717, 1.165) is 16.9 Å². The van der Waals surface area contributed by atoms with Crippen molar-refractivity contribution in [2.45, 2.75) is 6.92 Å². The number of carbonyl (C=O) groups is 2. The molecule has 0 radical (unpaired) electrons. The van der Waals surface area contributed by atoms with Crippen LogP contribution in [0.5, 0.6) is 0 Å². The fourth-order valence-corrected chi connectivity index (χ4v) is 4.47. The monoisotopic (exact) mass is 516 g/mol. The Labute approximate surface area is 219 Å². The van der Waals surface area contributed by atoms with Crippen LogP contribution in [0.2, 0.25) is 5.15 Å². The van der Waals surface area contributed by atoms with E-state index < -0.39 is 5.97 Å². The van der Waals surface area contributed by atoms with E-state index in [0.29, 0.717) is 37.6 Å². The SMILES string of the molecule is CCOC(=O)c1cc(-c2ccc(N3CCN(C(=O)c4cccnc4Cl)CC3)cc2)n(-c2ccccn2)n1. The van der Waals surface area contributed by atoms with E-state index in [1.54, 1.807) is 47.1 Å². The van der Waals surface area contributed by atoms with Crippen molar-refractivity contribution in [3.63, 3.8) is 0 Å². The zero-order valence-electron chi connectivity index (χ0n) is 20.2. The molecule has 0 N–H and O–H groups in total. The average molecular weight is 517 g/mol. The van der Waals surface area contributed by atoms with Crippen LogP contribution in [0.15, 0.2) is 73.1 Å². The number of amides is 1. The van der Waals surface area contributed by atoms with Gasteiger partial charge in [-0.3, -0.25) is 4.79 Å². The number of hydrogen-bond acceptors (Lipinski definition) is 7. The molecule has 10 heteroatoms. The van der Waals surface area contributed by atoms with Gasteiger partial charge in [0.15, 0.2) is 11.5 Å². The molecule has 1 aliphatic heterocycles. The predicted octanol–water partition coefficient (Wildman–Crippen LogP) is 4.12. The number of piperazine rings is 1. The number of anilines is 1. The van der Waals surface area contributed by atoms with Crippen LogP contribution in [-0.2, 0) is 4.74 Å². The minimum Gasteiger partial charge on any atom is -0.461 e. The highest BCUT2D eigenvalue weighted by Gasteiger charge is 2.24. The molecule has 1 aliphatic rings. The first-order chi connectivity index (χ1) is 18.0. The van der Waals surface area contributed by atoms with E-state index in [4.69, 9.17) is 16.3 Å². The number of pyridine rings is 2. The first kappa shape index (κ1) is 24.5. The van der Waals surface area contributed by atoms with Crippen molar-refractivity contribution in [2.75, 3.05) is 37.7 Å². The third-order valence-corrected chi connectivity index (χ3v) is 6.45. The molecule has 4 heterocycles. The summed E-state index contributed by atoms with van der Waals surface area (Å²) in [6, 6.07) is 18.7. The summed E-state index contributed by atoms with van der Waals surface area (Å²) in [4.78, 5) is 37.6. The molecule has 188 valence electrons. The van der Waals surface area contributed by atoms with Gasteiger partial charge in [0.1, 0.15) is 5.15 Å². The van der Waals surface area contributed by atoms with E-state index >= 15 is 0 Å². The lowest BCUT2D eigenvalue weighted by Gasteiger charge is -2.36. The van der Waals surface area contributed by atoms with E-state index in [1.807, 2.05) is 42.5 Å². The van der Waals surface area contributed by atoms with E-state index in [2.05, 4.69) is 20.0 Å². The Bertz CT molecular complexity index is 1400. The van der Waals surface area contributed by atoms with Gasteiger partial charge in [-0.1, -0.05) is 29.8 Å². The van der Waals surface area contributed by atoms with Gasteiger partial charge in [-0.25, -0.2) is 19.4 Å². The Balaban J connectivity index is 1.33. The second-order valence-electron chi connectivity index (χ2n) is 8.40. The highest BCUT2D eigenvalue weighted by Crippen LogP contribution is 2.27. The van der Waals surface area contributed by atoms with Gasteiger partial charge in [-0.2, -0.15) is 5.10 Å². The van der Waals surface area contributed by atoms with Crippen LogP contribution in [-0.4, -0.2) is 69.3 Å². The fourth-order valence-electron chi connectivity index (χ4n) is 4.27. The Morgan fingerprint density at radius 3 is 2.38 bits per heavy atom. The molecule has 1 aromatic carbocycles. The lowest BCUT2D eigenvalue weighted by molar-refractivity contribution is 0.0518. The summed E-state index contributed by atoms with van der Waals surface area (Å²) in [5.41, 5.74) is 3.31. The summed E-state index contributed by atoms with van der Waals surface area (Å²) in [6.45, 7) is 4.59. The maximum Gasteiger partial charge on any atom is 0.358 e. The molecular weight excluding hydrogens is 492 g/mol. The predicted molar refractivity (Wildman–Crippen MR) is 140 cm³/mol. The van der Waals surface area contributed by atoms with Gasteiger partial charge in [0.05, 0.1) is 17.9 Å². The van der Waals surface area contributed by atoms with Crippen molar-refractivity contribution < 1.29 is 14.3 Å². The number of hydrogen-bond donors (Lipinski definition) is 0. The maximum absolute atomic E-state index is 12.8. The summed E-state index contributed by atoms with van der Waals surface area (Å²) < 4.78 is 6.79. The number of ether oxygens (including phenoxy) is 1. The minimum atomic E-state index is -0.477. The normalized spacial score (nSPS) is 13.5. The molecule has 5 rings (SSSR count). The topological polar surface area (TPSA) is 93.5 Å². The number of carbonyl (C=O) groups excluding carboxylic acids is 2. The lowest BCUT2D eigenvalue weighted by Crippen LogP contribution is -2.48. The molecule has 0 bridgehead atoms. The zero-order chi connectivity index (χ0) is 25.8. The third-order valence-electron chi connectivity index (χ3n) is 6.14. The van der Waals surface area contributed by atoms with E-state index in [9.17, 15) is 9.59 Å². The summed E-state index contributed by atoms with van der Waals surface area (Å²) in [7, 11) is 0. The number of nitrogens with zero attached hydrogens (tertiary/aromatic N) is 6. The molecule has 0 atom stereocenters. The van der Waals surface area contributed by atoms with Crippen LogP contribution in [0.4, 0.5) is 5.69 Å². The van der Waals surface area contributed by atoms with Gasteiger partial charge in [-0.15, -0.1) is 0 Å². The largest absolute Gasteiger partial charge is 0.461 e. The van der Waals surface area contributed by atoms with Crippen molar-refractivity contribution in [1.82, 2.24) is 24.6 Å². The molecule has 0 aliphatic carbocycles. The average Bonchev–Trinajstić information content (AvgIpc) is 3.40. The van der Waals surface area contributed by atoms with Gasteiger partial charge in [0, 0.05) is 49.8 Å². The molecule has 0 spiro atoms. The van der Waals surface area contributed by atoms with Crippen LogP contribution in [0.1, 0.15) is 27.8 Å². The number of esters is 1. The molecule has 0 unspecified atom stereocenters. The van der Waals surface area contributed by atoms with Crippen LogP contribution < -0.4 is 4.90 Å². The van der Waals surface area contributed by atoms with Crippen molar-refractivity contribution in [2.24, 2.45) is 0 Å². The number of aromatic nitrogens is 4. The molecule has 3 aromatic heterocycles. The van der Waals surface area contributed by atoms with Gasteiger partial charge in [0.25, 0.3) is 5.91 Å². The van der Waals surface area contributed by atoms with E-state index in [1.165, 1.54) is 0 Å². The zero-order valence-corrected chi connectivity index (χ0v) is 21.0. The van der Waals surface area contributed by atoms with Crippen LogP contribution in [0, 0.1) is 0 Å². The van der Waals surface area contributed by atoms with Crippen molar-refractivity contribution >= 4 is 29.2 Å². The van der Waals surface area contributed by atoms with Crippen LogP contribution >= 0.6 is 11.6 Å². The molecule has 4 aromatic rings. The molecule has 0 saturated carbocycles. The summed E-state index contributed by atoms with van der Waals surface area (Å²) in [5, 5.41) is 4.69. The quantitative estimate of drug-likeness (QED) is 0.281. The van der Waals surface area contributed by atoms with Crippen LogP contribution in [0.3, 0.4) is 0 Å². The highest BCUT2D eigenvalue weighted by molar-refractivity contribution is 6.32. The molecule has 1 amide bonds. The molecule has 1 fully saturated rings. The third kappa shape index (κ3) is 5.17. The summed E-state index contributed by atoms with van der Waals surface area (Å²) in [5.74, 6) is 0.0231. The summed E-state index contributed by atoms with van der Waals surface area (Å²) in [6.07, 6.45) is 3.25. The Hall–Kier alpha value is -4.24. The minimum absolute atomic E-state index is 0.103. The lowest BCUT2D eigenvalue weighted by atomic mass is 10.1. The second kappa shape index (κ2) is 10.8. The molecular formula is C27H25ClN6O3.